The lowest BCUT2D eigenvalue weighted by Crippen LogP contribution is -2.46. The van der Waals surface area contributed by atoms with Crippen LogP contribution in [0.3, 0.4) is 0 Å². The van der Waals surface area contributed by atoms with E-state index in [9.17, 15) is 0 Å². The third kappa shape index (κ3) is 3.02. The lowest BCUT2D eigenvalue weighted by Gasteiger charge is -2.41. The molecule has 3 rings (SSSR count). The molecule has 23 heavy (non-hydrogen) atoms. The number of allylic oxidation sites excluding steroid dienone is 1. The van der Waals surface area contributed by atoms with Gasteiger partial charge in [-0.1, -0.05) is 18.3 Å². The van der Waals surface area contributed by atoms with Gasteiger partial charge in [0.05, 0.1) is 5.54 Å². The zero-order chi connectivity index (χ0) is 16.8. The molecule has 0 atom stereocenters. The first-order valence-electron chi connectivity index (χ1n) is 8.35. The van der Waals surface area contributed by atoms with E-state index in [4.69, 9.17) is 12.2 Å². The Morgan fingerprint density at radius 3 is 2.39 bits per heavy atom. The Hall–Kier alpha value is -1.39. The Labute approximate surface area is 145 Å². The molecular weight excluding hydrogens is 302 g/mol. The van der Waals surface area contributed by atoms with Gasteiger partial charge in [-0.25, -0.2) is 0 Å². The molecule has 1 saturated heterocycles. The highest BCUT2D eigenvalue weighted by Crippen LogP contribution is 2.38. The number of thiocarbonyl (C=S) groups is 1. The van der Waals surface area contributed by atoms with Gasteiger partial charge in [-0.05, 0) is 51.6 Å². The SMILES string of the molecule is CC1=CC(C)(C)N(C)c2ccc(C(=S)N3CCN(C)CC3)cc21. The summed E-state index contributed by atoms with van der Waals surface area (Å²) in [6, 6.07) is 6.68. The molecule has 0 bridgehead atoms. The summed E-state index contributed by atoms with van der Waals surface area (Å²) < 4.78 is 0. The number of piperazine rings is 1. The first-order chi connectivity index (χ1) is 10.8. The highest BCUT2D eigenvalue weighted by atomic mass is 32.1. The predicted octanol–water partition coefficient (Wildman–Crippen LogP) is 3.24. The Morgan fingerprint density at radius 2 is 1.74 bits per heavy atom. The molecule has 0 saturated carbocycles. The van der Waals surface area contributed by atoms with Crippen LogP contribution >= 0.6 is 12.2 Å². The average molecular weight is 330 g/mol. The van der Waals surface area contributed by atoms with Crippen molar-refractivity contribution in [1.82, 2.24) is 9.80 Å². The quantitative estimate of drug-likeness (QED) is 0.732. The number of likely N-dealkylation sites (N-methyl/N-ethyl adjacent to an activating group) is 2. The first-order valence-corrected chi connectivity index (χ1v) is 8.76. The number of nitrogens with zero attached hydrogens (tertiary/aromatic N) is 3. The number of benzene rings is 1. The second-order valence-electron chi connectivity index (χ2n) is 7.37. The highest BCUT2D eigenvalue weighted by Gasteiger charge is 2.29. The first kappa shape index (κ1) is 16.5. The predicted molar refractivity (Wildman–Crippen MR) is 103 cm³/mol. The van der Waals surface area contributed by atoms with Crippen LogP contribution in [0.25, 0.3) is 5.57 Å². The topological polar surface area (TPSA) is 9.72 Å². The number of hydrogen-bond donors (Lipinski definition) is 0. The van der Waals surface area contributed by atoms with E-state index < -0.39 is 0 Å². The minimum Gasteiger partial charge on any atom is -0.366 e. The largest absolute Gasteiger partial charge is 0.366 e. The molecule has 3 nitrogen and oxygen atoms in total. The van der Waals surface area contributed by atoms with Gasteiger partial charge in [-0.3, -0.25) is 0 Å². The van der Waals surface area contributed by atoms with Crippen molar-refractivity contribution in [3.63, 3.8) is 0 Å². The van der Waals surface area contributed by atoms with Crippen molar-refractivity contribution in [1.29, 1.82) is 0 Å². The summed E-state index contributed by atoms with van der Waals surface area (Å²) >= 11 is 5.77. The Morgan fingerprint density at radius 1 is 1.09 bits per heavy atom. The van der Waals surface area contributed by atoms with E-state index in [0.717, 1.165) is 31.2 Å². The van der Waals surface area contributed by atoms with Crippen LogP contribution in [0, 0.1) is 0 Å². The van der Waals surface area contributed by atoms with Crippen LogP contribution in [0.1, 0.15) is 31.9 Å². The van der Waals surface area contributed by atoms with Crippen LogP contribution in [-0.2, 0) is 0 Å². The van der Waals surface area contributed by atoms with Crippen molar-refractivity contribution >= 4 is 28.5 Å². The van der Waals surface area contributed by atoms with Crippen LogP contribution in [0.15, 0.2) is 24.3 Å². The van der Waals surface area contributed by atoms with Crippen molar-refractivity contribution in [2.45, 2.75) is 26.3 Å². The van der Waals surface area contributed by atoms with Crippen molar-refractivity contribution in [2.24, 2.45) is 0 Å². The fraction of sp³-hybridized carbons (Fsp3) is 0.526. The van der Waals surface area contributed by atoms with E-state index in [2.05, 4.69) is 73.8 Å². The van der Waals surface area contributed by atoms with E-state index in [1.807, 2.05) is 0 Å². The molecule has 1 aromatic rings. The van der Waals surface area contributed by atoms with Crippen LogP contribution in [0.4, 0.5) is 5.69 Å². The summed E-state index contributed by atoms with van der Waals surface area (Å²) in [5, 5.41) is 0. The van der Waals surface area contributed by atoms with Gasteiger partial charge in [0, 0.05) is 50.0 Å². The maximum atomic E-state index is 5.77. The van der Waals surface area contributed by atoms with Gasteiger partial charge in [-0.15, -0.1) is 0 Å². The number of rotatable bonds is 1. The molecule has 0 unspecified atom stereocenters. The van der Waals surface area contributed by atoms with Gasteiger partial charge in [0.1, 0.15) is 4.99 Å². The summed E-state index contributed by atoms with van der Waals surface area (Å²) in [7, 11) is 4.34. The van der Waals surface area contributed by atoms with Gasteiger partial charge in [-0.2, -0.15) is 0 Å². The fourth-order valence-corrected chi connectivity index (χ4v) is 3.79. The molecule has 0 N–H and O–H groups in total. The average Bonchev–Trinajstić information content (AvgIpc) is 2.52. The molecule has 0 aromatic heterocycles. The van der Waals surface area contributed by atoms with E-state index >= 15 is 0 Å². The van der Waals surface area contributed by atoms with E-state index in [1.54, 1.807) is 0 Å². The summed E-state index contributed by atoms with van der Waals surface area (Å²) in [5.74, 6) is 0. The highest BCUT2D eigenvalue weighted by molar-refractivity contribution is 7.80. The van der Waals surface area contributed by atoms with Gasteiger partial charge in [0.25, 0.3) is 0 Å². The summed E-state index contributed by atoms with van der Waals surface area (Å²) in [6.07, 6.45) is 2.35. The molecule has 0 spiro atoms. The molecule has 2 aliphatic rings. The normalized spacial score (nSPS) is 21.0. The minimum atomic E-state index is 0.0521. The summed E-state index contributed by atoms with van der Waals surface area (Å²) in [4.78, 5) is 8.03. The molecule has 124 valence electrons. The molecule has 1 aromatic carbocycles. The van der Waals surface area contributed by atoms with Gasteiger partial charge < -0.3 is 14.7 Å². The van der Waals surface area contributed by atoms with Crippen LogP contribution in [0.5, 0.6) is 0 Å². The molecular formula is C19H27N3S. The van der Waals surface area contributed by atoms with E-state index in [-0.39, 0.29) is 5.54 Å². The zero-order valence-electron chi connectivity index (χ0n) is 14.9. The van der Waals surface area contributed by atoms with E-state index in [1.165, 1.54) is 22.4 Å². The smallest absolute Gasteiger partial charge is 0.109 e. The Kier molecular flexibility index (Phi) is 4.23. The molecule has 2 heterocycles. The standard InChI is InChI=1S/C19H27N3S/c1-14-13-19(2,3)21(5)17-7-6-15(12-16(14)17)18(23)22-10-8-20(4)9-11-22/h6-7,12-13H,8-11H2,1-5H3. The third-order valence-corrected chi connectivity index (χ3v) is 5.75. The van der Waals surface area contributed by atoms with Crippen LogP contribution < -0.4 is 4.90 Å². The third-order valence-electron chi connectivity index (χ3n) is 5.25. The molecule has 1 fully saturated rings. The van der Waals surface area contributed by atoms with Crippen LogP contribution in [0.2, 0.25) is 0 Å². The maximum absolute atomic E-state index is 5.77. The second kappa shape index (κ2) is 5.91. The van der Waals surface area contributed by atoms with E-state index in [0.29, 0.717) is 0 Å². The van der Waals surface area contributed by atoms with Gasteiger partial charge in [0.15, 0.2) is 0 Å². The monoisotopic (exact) mass is 329 g/mol. The fourth-order valence-electron chi connectivity index (χ4n) is 3.48. The number of fused-ring (bicyclic) bond motifs is 1. The van der Waals surface area contributed by atoms with Crippen LogP contribution in [-0.4, -0.2) is 60.6 Å². The number of anilines is 1. The van der Waals surface area contributed by atoms with Gasteiger partial charge in [0.2, 0.25) is 0 Å². The molecule has 0 radical (unpaired) electrons. The van der Waals surface area contributed by atoms with Crippen molar-refractivity contribution in [3.8, 4) is 0 Å². The van der Waals surface area contributed by atoms with Crippen molar-refractivity contribution in [2.75, 3.05) is 45.2 Å². The zero-order valence-corrected chi connectivity index (χ0v) is 15.7. The maximum Gasteiger partial charge on any atom is 0.109 e. The summed E-state index contributed by atoms with van der Waals surface area (Å²) in [5.41, 5.74) is 5.16. The molecule has 4 heteroatoms. The van der Waals surface area contributed by atoms with Crippen molar-refractivity contribution < 1.29 is 0 Å². The molecule has 0 amide bonds. The summed E-state index contributed by atoms with van der Waals surface area (Å²) in [6.45, 7) is 10.9. The Balaban J connectivity index is 1.90. The minimum absolute atomic E-state index is 0.0521. The van der Waals surface area contributed by atoms with Crippen molar-refractivity contribution in [3.05, 3.63) is 35.4 Å². The lowest BCUT2D eigenvalue weighted by atomic mass is 9.88. The second-order valence-corrected chi connectivity index (χ2v) is 7.75. The molecule has 0 aliphatic carbocycles. The number of hydrogen-bond acceptors (Lipinski definition) is 3. The van der Waals surface area contributed by atoms with Gasteiger partial charge >= 0.3 is 0 Å². The Bertz CT molecular complexity index is 655. The molecule has 2 aliphatic heterocycles. The lowest BCUT2D eigenvalue weighted by molar-refractivity contribution is 0.218.